The lowest BCUT2D eigenvalue weighted by Crippen LogP contribution is -2.57. The highest BCUT2D eigenvalue weighted by Crippen LogP contribution is 2.28. The molecule has 0 unspecified atom stereocenters. The smallest absolute Gasteiger partial charge is 0.311 e. The van der Waals surface area contributed by atoms with Crippen LogP contribution < -0.4 is 10.1 Å². The molecule has 10 heteroatoms. The lowest BCUT2D eigenvalue weighted by molar-refractivity contribution is -0.385. The predicted molar refractivity (Wildman–Crippen MR) is 104 cm³/mol. The minimum atomic E-state index is -3.15. The number of aliphatic imine (C=N–C) groups is 1. The van der Waals surface area contributed by atoms with Crippen molar-refractivity contribution in [2.24, 2.45) is 4.99 Å². The average molecular weight is 398 g/mol. The number of hydrogen-bond acceptors (Lipinski definition) is 6. The molecule has 0 aromatic heterocycles. The van der Waals surface area contributed by atoms with Crippen LogP contribution in [0.5, 0.6) is 5.75 Å². The van der Waals surface area contributed by atoms with Gasteiger partial charge in [-0.25, -0.2) is 13.4 Å². The maximum Gasteiger partial charge on any atom is 0.311 e. The van der Waals surface area contributed by atoms with E-state index in [1.54, 1.807) is 26.0 Å². The van der Waals surface area contributed by atoms with E-state index in [1.807, 2.05) is 11.8 Å². The average Bonchev–Trinajstić information content (AvgIpc) is 2.60. The molecule has 27 heavy (non-hydrogen) atoms. The van der Waals surface area contributed by atoms with Crippen LogP contribution in [0.4, 0.5) is 5.69 Å². The number of hydrogen-bond donors (Lipinski definition) is 1. The molecule has 0 spiro atoms. The fraction of sp³-hybridized carbons (Fsp3) is 0.588. The van der Waals surface area contributed by atoms with Crippen molar-refractivity contribution in [3.05, 3.63) is 33.9 Å². The number of sulfone groups is 1. The molecule has 0 aliphatic carbocycles. The fourth-order valence-corrected chi connectivity index (χ4v) is 4.26. The van der Waals surface area contributed by atoms with Crippen LogP contribution >= 0.6 is 0 Å². The van der Waals surface area contributed by atoms with E-state index in [4.69, 9.17) is 4.74 Å². The van der Waals surface area contributed by atoms with E-state index in [-0.39, 0.29) is 23.7 Å². The van der Waals surface area contributed by atoms with E-state index in [9.17, 15) is 18.5 Å². The van der Waals surface area contributed by atoms with Crippen LogP contribution in [0.25, 0.3) is 0 Å². The molecule has 1 fully saturated rings. The highest BCUT2D eigenvalue weighted by molar-refractivity contribution is 7.92. The van der Waals surface area contributed by atoms with Gasteiger partial charge in [0.25, 0.3) is 0 Å². The number of methoxy groups -OCH3 is 1. The number of rotatable bonds is 5. The third-order valence-corrected chi connectivity index (χ3v) is 7.06. The van der Waals surface area contributed by atoms with Gasteiger partial charge in [0.1, 0.15) is 0 Å². The number of nitrogens with zero attached hydrogens (tertiary/aromatic N) is 3. The van der Waals surface area contributed by atoms with E-state index in [0.717, 1.165) is 0 Å². The maximum absolute atomic E-state index is 12.2. The third kappa shape index (κ3) is 4.68. The van der Waals surface area contributed by atoms with Gasteiger partial charge >= 0.3 is 5.69 Å². The maximum atomic E-state index is 12.2. The number of guanidine groups is 1. The van der Waals surface area contributed by atoms with Gasteiger partial charge in [-0.2, -0.15) is 0 Å². The van der Waals surface area contributed by atoms with Crippen LogP contribution in [0, 0.1) is 10.1 Å². The highest BCUT2D eigenvalue weighted by atomic mass is 32.2. The number of nitro groups is 1. The Bertz CT molecular complexity index is 836. The molecule has 0 radical (unpaired) electrons. The molecular weight excluding hydrogens is 372 g/mol. The van der Waals surface area contributed by atoms with Crippen molar-refractivity contribution >= 4 is 21.5 Å². The van der Waals surface area contributed by atoms with Gasteiger partial charge in [0.15, 0.2) is 21.5 Å². The summed E-state index contributed by atoms with van der Waals surface area (Å²) in [5.74, 6) is 0.861. The van der Waals surface area contributed by atoms with Crippen LogP contribution in [-0.2, 0) is 16.4 Å². The zero-order chi connectivity index (χ0) is 20.2. The van der Waals surface area contributed by atoms with Crippen molar-refractivity contribution in [3.8, 4) is 5.75 Å². The molecule has 1 aliphatic rings. The normalized spacial score (nSPS) is 18.8. The standard InChI is InChI=1S/C17H26N4O5S/c1-5-18-16(20-8-9-27(24,25)17(2,3)12-20)19-11-13-6-7-15(26-4)14(10-13)21(22)23/h6-7,10H,5,8-9,11-12H2,1-4H3,(H,18,19). The molecule has 1 aromatic carbocycles. The van der Waals surface area contributed by atoms with Gasteiger partial charge in [-0.15, -0.1) is 0 Å². The van der Waals surface area contributed by atoms with Gasteiger partial charge in [0, 0.05) is 25.7 Å². The Kier molecular flexibility index (Phi) is 6.30. The van der Waals surface area contributed by atoms with Crippen molar-refractivity contribution < 1.29 is 18.1 Å². The Hall–Kier alpha value is -2.36. The molecule has 1 N–H and O–H groups in total. The Morgan fingerprint density at radius 2 is 2.15 bits per heavy atom. The number of ether oxygens (including phenoxy) is 1. The summed E-state index contributed by atoms with van der Waals surface area (Å²) < 4.78 is 28.6. The van der Waals surface area contributed by atoms with Gasteiger partial charge in [-0.05, 0) is 32.4 Å². The Balaban J connectivity index is 2.24. The van der Waals surface area contributed by atoms with Crippen molar-refractivity contribution in [1.29, 1.82) is 0 Å². The van der Waals surface area contributed by atoms with Crippen molar-refractivity contribution in [2.75, 3.05) is 32.5 Å². The van der Waals surface area contributed by atoms with Crippen molar-refractivity contribution in [2.45, 2.75) is 32.1 Å². The van der Waals surface area contributed by atoms with Gasteiger partial charge in [0.2, 0.25) is 0 Å². The summed E-state index contributed by atoms with van der Waals surface area (Å²) in [5.41, 5.74) is 0.558. The van der Waals surface area contributed by atoms with Crippen LogP contribution in [-0.4, -0.2) is 61.4 Å². The fourth-order valence-electron chi connectivity index (χ4n) is 2.89. The molecule has 0 bridgehead atoms. The lowest BCUT2D eigenvalue weighted by atomic mass is 10.2. The van der Waals surface area contributed by atoms with Gasteiger partial charge in [-0.3, -0.25) is 10.1 Å². The van der Waals surface area contributed by atoms with Crippen LogP contribution in [0.15, 0.2) is 23.2 Å². The Morgan fingerprint density at radius 1 is 1.44 bits per heavy atom. The van der Waals surface area contributed by atoms with Gasteiger partial charge in [0.05, 0.1) is 29.1 Å². The second-order valence-electron chi connectivity index (χ2n) is 6.93. The van der Waals surface area contributed by atoms with E-state index in [2.05, 4.69) is 10.3 Å². The van der Waals surface area contributed by atoms with Crippen LogP contribution in [0.1, 0.15) is 26.3 Å². The molecule has 1 aromatic rings. The topological polar surface area (TPSA) is 114 Å². The first kappa shape index (κ1) is 20.9. The first-order valence-electron chi connectivity index (χ1n) is 8.68. The monoisotopic (exact) mass is 398 g/mol. The third-order valence-electron chi connectivity index (χ3n) is 4.53. The zero-order valence-corrected chi connectivity index (χ0v) is 16.9. The lowest BCUT2D eigenvalue weighted by Gasteiger charge is -2.39. The molecule has 1 heterocycles. The highest BCUT2D eigenvalue weighted by Gasteiger charge is 2.40. The summed E-state index contributed by atoms with van der Waals surface area (Å²) in [4.78, 5) is 17.1. The second kappa shape index (κ2) is 8.12. The molecule has 0 saturated carbocycles. The quantitative estimate of drug-likeness (QED) is 0.347. The number of nitrogens with one attached hydrogen (secondary N) is 1. The minimum Gasteiger partial charge on any atom is -0.490 e. The summed E-state index contributed by atoms with van der Waals surface area (Å²) in [7, 11) is -1.76. The first-order chi connectivity index (χ1) is 12.6. The molecule has 1 aliphatic heterocycles. The number of benzene rings is 1. The van der Waals surface area contributed by atoms with E-state index in [0.29, 0.717) is 31.2 Å². The SMILES string of the molecule is CCNC(=NCc1ccc(OC)c([N+](=O)[O-])c1)N1CCS(=O)(=O)C(C)(C)C1. The Morgan fingerprint density at radius 3 is 2.70 bits per heavy atom. The molecule has 2 rings (SSSR count). The van der Waals surface area contributed by atoms with E-state index in [1.165, 1.54) is 13.2 Å². The van der Waals surface area contributed by atoms with E-state index < -0.39 is 19.5 Å². The summed E-state index contributed by atoms with van der Waals surface area (Å²) in [6.07, 6.45) is 0. The van der Waals surface area contributed by atoms with E-state index >= 15 is 0 Å². The van der Waals surface area contributed by atoms with Crippen LogP contribution in [0.3, 0.4) is 0 Å². The molecule has 0 atom stereocenters. The summed E-state index contributed by atoms with van der Waals surface area (Å²) >= 11 is 0. The molecule has 150 valence electrons. The predicted octanol–water partition coefficient (Wildman–Crippen LogP) is 1.58. The molecule has 9 nitrogen and oxygen atoms in total. The Labute approximate surface area is 159 Å². The first-order valence-corrected chi connectivity index (χ1v) is 10.3. The van der Waals surface area contributed by atoms with Gasteiger partial charge < -0.3 is 15.0 Å². The molecule has 0 amide bonds. The molecular formula is C17H26N4O5S. The second-order valence-corrected chi connectivity index (χ2v) is 9.68. The van der Waals surface area contributed by atoms with Crippen molar-refractivity contribution in [3.63, 3.8) is 0 Å². The van der Waals surface area contributed by atoms with Gasteiger partial charge in [-0.1, -0.05) is 6.07 Å². The largest absolute Gasteiger partial charge is 0.490 e. The number of nitro benzene ring substituents is 1. The van der Waals surface area contributed by atoms with Crippen molar-refractivity contribution in [1.82, 2.24) is 10.2 Å². The summed E-state index contributed by atoms with van der Waals surface area (Å²) in [5, 5.41) is 14.3. The summed E-state index contributed by atoms with van der Waals surface area (Å²) in [6, 6.07) is 4.71. The zero-order valence-electron chi connectivity index (χ0n) is 16.1. The molecule has 1 saturated heterocycles. The van der Waals surface area contributed by atoms with Crippen LogP contribution in [0.2, 0.25) is 0 Å². The minimum absolute atomic E-state index is 0.0679. The summed E-state index contributed by atoms with van der Waals surface area (Å²) in [6.45, 7) is 6.92.